The van der Waals surface area contributed by atoms with Crippen molar-refractivity contribution >= 4 is 11.5 Å². The summed E-state index contributed by atoms with van der Waals surface area (Å²) in [5.41, 5.74) is 6.65. The maximum Gasteiger partial charge on any atom is 0.226 e. The summed E-state index contributed by atoms with van der Waals surface area (Å²) < 4.78 is 1.91. The molecule has 2 atom stereocenters. The lowest BCUT2D eigenvalue weighted by atomic mass is 10.00. The third-order valence-electron chi connectivity index (χ3n) is 6.28. The van der Waals surface area contributed by atoms with E-state index in [2.05, 4.69) is 43.9 Å². The van der Waals surface area contributed by atoms with Crippen LogP contribution in [0.4, 0.5) is 5.95 Å². The number of anilines is 1. The molecule has 0 radical (unpaired) electrons. The van der Waals surface area contributed by atoms with Gasteiger partial charge >= 0.3 is 0 Å². The molecule has 164 valence electrons. The summed E-state index contributed by atoms with van der Waals surface area (Å²) in [6.45, 7) is 2.81. The normalized spacial score (nSPS) is 16.7. The van der Waals surface area contributed by atoms with E-state index in [0.29, 0.717) is 11.5 Å². The van der Waals surface area contributed by atoms with E-state index in [1.54, 1.807) is 18.7 Å². The monoisotopic (exact) mass is 437 g/mol. The zero-order valence-electron chi connectivity index (χ0n) is 18.1. The Balaban J connectivity index is 1.38. The smallest absolute Gasteiger partial charge is 0.226 e. The number of nitrogens with one attached hydrogen (secondary N) is 1. The maximum absolute atomic E-state index is 10.7. The Bertz CT molecular complexity index is 1410. The van der Waals surface area contributed by atoms with Crippen LogP contribution in [-0.4, -0.2) is 41.2 Å². The van der Waals surface area contributed by atoms with E-state index in [1.807, 2.05) is 47.1 Å². The van der Waals surface area contributed by atoms with Crippen LogP contribution in [0.2, 0.25) is 0 Å². The summed E-state index contributed by atoms with van der Waals surface area (Å²) in [7, 11) is 0. The highest BCUT2D eigenvalue weighted by Gasteiger charge is 2.34. The lowest BCUT2D eigenvalue weighted by Crippen LogP contribution is -2.37. The summed E-state index contributed by atoms with van der Waals surface area (Å²) in [4.78, 5) is 19.3. The van der Waals surface area contributed by atoms with Crippen molar-refractivity contribution in [3.8, 4) is 0 Å². The molecular weight excluding hydrogens is 414 g/mol. The number of rotatable bonds is 4. The van der Waals surface area contributed by atoms with E-state index >= 15 is 0 Å². The van der Waals surface area contributed by atoms with Crippen molar-refractivity contribution in [3.63, 3.8) is 0 Å². The van der Waals surface area contributed by atoms with Crippen molar-refractivity contribution in [3.05, 3.63) is 107 Å². The second-order valence-electron chi connectivity index (χ2n) is 8.33. The van der Waals surface area contributed by atoms with E-state index in [9.17, 15) is 5.11 Å². The van der Waals surface area contributed by atoms with Gasteiger partial charge in [-0.3, -0.25) is 0 Å². The van der Waals surface area contributed by atoms with Crippen molar-refractivity contribution in [1.29, 1.82) is 0 Å². The summed E-state index contributed by atoms with van der Waals surface area (Å²) in [6.07, 6.45) is 7.14. The molecule has 5 aromatic rings. The number of benzene rings is 1. The molecule has 1 aliphatic heterocycles. The minimum atomic E-state index is -0.767. The van der Waals surface area contributed by atoms with Crippen molar-refractivity contribution in [2.24, 2.45) is 0 Å². The van der Waals surface area contributed by atoms with Crippen LogP contribution in [0.25, 0.3) is 5.52 Å². The molecule has 0 spiro atoms. The molecule has 1 aromatic carbocycles. The fourth-order valence-corrected chi connectivity index (χ4v) is 4.55. The highest BCUT2D eigenvalue weighted by atomic mass is 16.3. The number of aromatic nitrogens is 6. The molecule has 0 saturated carbocycles. The third kappa shape index (κ3) is 3.35. The Hall–Kier alpha value is -4.04. The predicted molar refractivity (Wildman–Crippen MR) is 124 cm³/mol. The first-order valence-electron chi connectivity index (χ1n) is 11.0. The van der Waals surface area contributed by atoms with E-state index in [1.165, 1.54) is 0 Å². The maximum atomic E-state index is 10.7. The second-order valence-corrected chi connectivity index (χ2v) is 8.33. The molecule has 8 nitrogen and oxygen atoms in total. The van der Waals surface area contributed by atoms with Gasteiger partial charge in [-0.05, 0) is 30.2 Å². The number of aromatic amines is 1. The van der Waals surface area contributed by atoms with Crippen LogP contribution < -0.4 is 4.90 Å². The van der Waals surface area contributed by atoms with Crippen LogP contribution in [0.15, 0.2) is 73.4 Å². The van der Waals surface area contributed by atoms with E-state index < -0.39 is 6.10 Å². The van der Waals surface area contributed by atoms with Gasteiger partial charge < -0.3 is 15.0 Å². The minimum absolute atomic E-state index is 0.204. The molecule has 0 amide bonds. The number of hydrogen-bond acceptors (Lipinski definition) is 6. The summed E-state index contributed by atoms with van der Waals surface area (Å²) >= 11 is 0. The van der Waals surface area contributed by atoms with E-state index in [0.717, 1.165) is 46.7 Å². The highest BCUT2D eigenvalue weighted by Crippen LogP contribution is 2.35. The highest BCUT2D eigenvalue weighted by molar-refractivity contribution is 5.57. The number of aliphatic hydroxyl groups excluding tert-OH is 1. The van der Waals surface area contributed by atoms with Gasteiger partial charge in [-0.15, -0.1) is 0 Å². The van der Waals surface area contributed by atoms with Crippen molar-refractivity contribution in [2.45, 2.75) is 25.5 Å². The molecular formula is C25H23N7O. The van der Waals surface area contributed by atoms with Crippen molar-refractivity contribution < 1.29 is 5.11 Å². The van der Waals surface area contributed by atoms with E-state index in [4.69, 9.17) is 5.10 Å². The number of aryl methyl sites for hydroxylation is 1. The molecule has 1 aliphatic rings. The van der Waals surface area contributed by atoms with Crippen molar-refractivity contribution in [1.82, 2.24) is 29.5 Å². The first-order chi connectivity index (χ1) is 16.2. The predicted octanol–water partition coefficient (Wildman–Crippen LogP) is 3.39. The lowest BCUT2D eigenvalue weighted by molar-refractivity contribution is 0.219. The largest absolute Gasteiger partial charge is 0.384 e. The van der Waals surface area contributed by atoms with E-state index in [-0.39, 0.29) is 6.04 Å². The van der Waals surface area contributed by atoms with Gasteiger partial charge in [-0.1, -0.05) is 36.4 Å². The summed E-state index contributed by atoms with van der Waals surface area (Å²) in [6, 6.07) is 15.5. The van der Waals surface area contributed by atoms with Gasteiger partial charge in [0.1, 0.15) is 12.1 Å². The number of pyridine rings is 1. The molecule has 33 heavy (non-hydrogen) atoms. The zero-order chi connectivity index (χ0) is 22.4. The van der Waals surface area contributed by atoms with Crippen LogP contribution in [0.3, 0.4) is 0 Å². The molecule has 0 aliphatic carbocycles. The number of H-pyrrole nitrogens is 1. The van der Waals surface area contributed by atoms with Crippen LogP contribution in [0, 0.1) is 6.92 Å². The topological polar surface area (TPSA) is 95.2 Å². The Morgan fingerprint density at radius 3 is 2.64 bits per heavy atom. The molecule has 0 unspecified atom stereocenters. The molecule has 5 heterocycles. The fourth-order valence-electron chi connectivity index (χ4n) is 4.55. The number of fused-ring (bicyclic) bond motifs is 2. The van der Waals surface area contributed by atoms with Gasteiger partial charge in [0.2, 0.25) is 5.95 Å². The fraction of sp³-hybridized carbons (Fsp3) is 0.200. The quantitative estimate of drug-likeness (QED) is 0.448. The average Bonchev–Trinajstić information content (AvgIpc) is 3.51. The zero-order valence-corrected chi connectivity index (χ0v) is 18.1. The SMILES string of the molecule is Cc1cccn2nc([C@@H]3c4nc[nH]c4CCN3c3ncc([C@@H](O)c4ccccc4)cn3)cc12. The summed E-state index contributed by atoms with van der Waals surface area (Å²) in [5.74, 6) is 0.589. The standard InChI is InChI=1S/C25H23N7O/c1-16-6-5-10-32-21(16)12-20(30-32)23-22-19(28-15-29-22)9-11-31(23)25-26-13-18(14-27-25)24(33)17-7-3-2-4-8-17/h2-8,10,12-15,23-24,33H,9,11H2,1H3,(H,28,29)/t23-,24+/m1/s1. The van der Waals surface area contributed by atoms with Gasteiger partial charge in [0.25, 0.3) is 0 Å². The Morgan fingerprint density at radius 2 is 1.85 bits per heavy atom. The molecule has 4 aromatic heterocycles. The molecule has 0 saturated heterocycles. The minimum Gasteiger partial charge on any atom is -0.384 e. The number of aliphatic hydroxyl groups is 1. The molecule has 8 heteroatoms. The number of imidazole rings is 1. The van der Waals surface area contributed by atoms with Gasteiger partial charge in [0.05, 0.1) is 23.2 Å². The Kier molecular flexibility index (Phi) is 4.66. The van der Waals surface area contributed by atoms with Gasteiger partial charge in [-0.25, -0.2) is 19.5 Å². The second kappa shape index (κ2) is 7.83. The third-order valence-corrected chi connectivity index (χ3v) is 6.28. The van der Waals surface area contributed by atoms with Crippen LogP contribution >= 0.6 is 0 Å². The van der Waals surface area contributed by atoms with Gasteiger partial charge in [0, 0.05) is 42.8 Å². The molecule has 0 bridgehead atoms. The van der Waals surface area contributed by atoms with Crippen LogP contribution in [0.1, 0.15) is 45.9 Å². The molecule has 2 N–H and O–H groups in total. The first kappa shape index (κ1) is 19.6. The van der Waals surface area contributed by atoms with Crippen LogP contribution in [0.5, 0.6) is 0 Å². The molecule has 6 rings (SSSR count). The molecule has 0 fully saturated rings. The van der Waals surface area contributed by atoms with Gasteiger partial charge in [-0.2, -0.15) is 5.10 Å². The number of hydrogen-bond donors (Lipinski definition) is 2. The van der Waals surface area contributed by atoms with Crippen molar-refractivity contribution in [2.75, 3.05) is 11.4 Å². The first-order valence-corrected chi connectivity index (χ1v) is 11.0. The lowest BCUT2D eigenvalue weighted by Gasteiger charge is -2.34. The van der Waals surface area contributed by atoms with Crippen LogP contribution in [-0.2, 0) is 6.42 Å². The Labute approximate surface area is 190 Å². The van der Waals surface area contributed by atoms with Gasteiger partial charge in [0.15, 0.2) is 0 Å². The number of nitrogens with zero attached hydrogens (tertiary/aromatic N) is 6. The Morgan fingerprint density at radius 1 is 1.03 bits per heavy atom. The summed E-state index contributed by atoms with van der Waals surface area (Å²) in [5, 5.41) is 15.6. The average molecular weight is 438 g/mol.